The highest BCUT2D eigenvalue weighted by Crippen LogP contribution is 2.37. The van der Waals surface area contributed by atoms with Crippen LogP contribution in [0.2, 0.25) is 0 Å². The average molecular weight is 323 g/mol. The van der Waals surface area contributed by atoms with E-state index in [0.29, 0.717) is 4.83 Å². The fraction of sp³-hybridized carbons (Fsp3) is 0.375. The number of halogens is 1. The molecule has 0 radical (unpaired) electrons. The second-order valence-corrected chi connectivity index (χ2v) is 6.79. The Balaban J connectivity index is 2.41. The summed E-state index contributed by atoms with van der Waals surface area (Å²) in [5.41, 5.74) is 4.29. The van der Waals surface area contributed by atoms with Gasteiger partial charge in [0.25, 0.3) is 0 Å². The lowest BCUT2D eigenvalue weighted by molar-refractivity contribution is 1.04. The fourth-order valence-corrected chi connectivity index (χ4v) is 3.90. The van der Waals surface area contributed by atoms with E-state index >= 15 is 0 Å². The first-order chi connectivity index (χ1) is 8.65. The third kappa shape index (κ3) is 2.86. The van der Waals surface area contributed by atoms with Crippen LogP contribution in [0.15, 0.2) is 30.3 Å². The number of hydrogen-bond acceptors (Lipinski definition) is 1. The van der Waals surface area contributed by atoms with E-state index in [4.69, 9.17) is 0 Å². The molecule has 0 bridgehead atoms. The Morgan fingerprint density at radius 2 is 1.89 bits per heavy atom. The van der Waals surface area contributed by atoms with Gasteiger partial charge in [0.2, 0.25) is 0 Å². The van der Waals surface area contributed by atoms with Crippen molar-refractivity contribution in [1.29, 1.82) is 0 Å². The summed E-state index contributed by atoms with van der Waals surface area (Å²) in [5.74, 6) is 0. The zero-order chi connectivity index (χ0) is 13.1. The zero-order valence-electron chi connectivity index (χ0n) is 11.2. The molecular weight excluding hydrogens is 304 g/mol. The Labute approximate surface area is 122 Å². The molecule has 1 atom stereocenters. The van der Waals surface area contributed by atoms with E-state index < -0.39 is 0 Å². The lowest BCUT2D eigenvalue weighted by Crippen LogP contribution is -1.98. The monoisotopic (exact) mass is 322 g/mol. The van der Waals surface area contributed by atoms with Gasteiger partial charge in [0.15, 0.2) is 0 Å². The van der Waals surface area contributed by atoms with E-state index in [-0.39, 0.29) is 0 Å². The number of benzene rings is 1. The van der Waals surface area contributed by atoms with Crippen molar-refractivity contribution in [2.75, 3.05) is 0 Å². The molecule has 1 unspecified atom stereocenters. The molecule has 0 N–H and O–H groups in total. The van der Waals surface area contributed by atoms with E-state index in [2.05, 4.69) is 67.0 Å². The summed E-state index contributed by atoms with van der Waals surface area (Å²) < 4.78 is 0. The van der Waals surface area contributed by atoms with Crippen molar-refractivity contribution >= 4 is 27.3 Å². The van der Waals surface area contributed by atoms with E-state index in [1.54, 1.807) is 0 Å². The van der Waals surface area contributed by atoms with Crippen LogP contribution in [0.5, 0.6) is 0 Å². The highest BCUT2D eigenvalue weighted by Gasteiger charge is 2.15. The Morgan fingerprint density at radius 3 is 2.44 bits per heavy atom. The predicted octanol–water partition coefficient (Wildman–Crippen LogP) is 5.67. The van der Waals surface area contributed by atoms with Crippen molar-refractivity contribution in [1.82, 2.24) is 0 Å². The third-order valence-electron chi connectivity index (χ3n) is 3.28. The van der Waals surface area contributed by atoms with Crippen molar-refractivity contribution in [2.45, 2.75) is 38.4 Å². The SMILES string of the molecule is CCc1ccc(CC)c(C(Br)c2ccc(C)s2)c1. The third-order valence-corrected chi connectivity index (χ3v) is 5.64. The van der Waals surface area contributed by atoms with Crippen LogP contribution in [-0.2, 0) is 12.8 Å². The van der Waals surface area contributed by atoms with Crippen molar-refractivity contribution in [3.8, 4) is 0 Å². The highest BCUT2D eigenvalue weighted by atomic mass is 79.9. The van der Waals surface area contributed by atoms with E-state index in [9.17, 15) is 0 Å². The predicted molar refractivity (Wildman–Crippen MR) is 85.0 cm³/mol. The molecule has 1 aromatic carbocycles. The van der Waals surface area contributed by atoms with Crippen molar-refractivity contribution < 1.29 is 0 Å². The second-order valence-electron chi connectivity index (χ2n) is 4.55. The zero-order valence-corrected chi connectivity index (χ0v) is 13.6. The van der Waals surface area contributed by atoms with Gasteiger partial charge < -0.3 is 0 Å². The van der Waals surface area contributed by atoms with Gasteiger partial charge in [-0.25, -0.2) is 0 Å². The Morgan fingerprint density at radius 1 is 1.11 bits per heavy atom. The fourth-order valence-electron chi connectivity index (χ4n) is 2.17. The van der Waals surface area contributed by atoms with E-state index in [1.807, 2.05) is 11.3 Å². The van der Waals surface area contributed by atoms with Gasteiger partial charge >= 0.3 is 0 Å². The van der Waals surface area contributed by atoms with Crippen LogP contribution in [0.1, 0.15) is 45.1 Å². The number of hydrogen-bond donors (Lipinski definition) is 0. The first-order valence-electron chi connectivity index (χ1n) is 6.47. The summed E-state index contributed by atoms with van der Waals surface area (Å²) in [7, 11) is 0. The van der Waals surface area contributed by atoms with Gasteiger partial charge in [-0.2, -0.15) is 0 Å². The number of aryl methyl sites for hydroxylation is 3. The van der Waals surface area contributed by atoms with Gasteiger partial charge in [0.05, 0.1) is 4.83 Å². The maximum absolute atomic E-state index is 3.87. The van der Waals surface area contributed by atoms with Crippen LogP contribution in [-0.4, -0.2) is 0 Å². The lowest BCUT2D eigenvalue weighted by atomic mass is 9.98. The summed E-state index contributed by atoms with van der Waals surface area (Å²) in [4.78, 5) is 3.10. The molecule has 0 aliphatic heterocycles. The molecule has 1 aromatic heterocycles. The van der Waals surface area contributed by atoms with Crippen LogP contribution in [0.25, 0.3) is 0 Å². The molecule has 2 heteroatoms. The van der Waals surface area contributed by atoms with Gasteiger partial charge in [-0.05, 0) is 48.6 Å². The Kier molecular flexibility index (Phi) is 4.63. The minimum absolute atomic E-state index is 0.331. The topological polar surface area (TPSA) is 0 Å². The maximum Gasteiger partial charge on any atom is 0.0740 e. The van der Waals surface area contributed by atoms with Gasteiger partial charge in [0.1, 0.15) is 0 Å². The van der Waals surface area contributed by atoms with Crippen LogP contribution >= 0.6 is 27.3 Å². The smallest absolute Gasteiger partial charge is 0.0740 e. The summed E-state index contributed by atoms with van der Waals surface area (Å²) in [5, 5.41) is 0. The largest absolute Gasteiger partial charge is 0.144 e. The van der Waals surface area contributed by atoms with E-state index in [1.165, 1.54) is 26.4 Å². The van der Waals surface area contributed by atoms with Gasteiger partial charge in [0, 0.05) is 9.75 Å². The number of rotatable bonds is 4. The first-order valence-corrected chi connectivity index (χ1v) is 8.21. The molecule has 96 valence electrons. The van der Waals surface area contributed by atoms with E-state index in [0.717, 1.165) is 12.8 Å². The Bertz CT molecular complexity index is 528. The van der Waals surface area contributed by atoms with Crippen LogP contribution in [0.3, 0.4) is 0 Å². The van der Waals surface area contributed by atoms with Crippen molar-refractivity contribution in [3.05, 3.63) is 56.8 Å². The summed E-state index contributed by atoms with van der Waals surface area (Å²) in [6.07, 6.45) is 2.19. The molecule has 0 nitrogen and oxygen atoms in total. The molecule has 0 fully saturated rings. The van der Waals surface area contributed by atoms with Gasteiger partial charge in [-0.3, -0.25) is 0 Å². The minimum Gasteiger partial charge on any atom is -0.144 e. The molecule has 0 saturated heterocycles. The lowest BCUT2D eigenvalue weighted by Gasteiger charge is -2.14. The van der Waals surface area contributed by atoms with Gasteiger partial charge in [-0.1, -0.05) is 48.0 Å². The maximum atomic E-state index is 3.87. The highest BCUT2D eigenvalue weighted by molar-refractivity contribution is 9.09. The summed E-state index contributed by atoms with van der Waals surface area (Å²) >= 11 is 5.75. The molecule has 2 aromatic rings. The average Bonchev–Trinajstić information content (AvgIpc) is 2.83. The Hall–Kier alpha value is -0.600. The molecule has 0 saturated carbocycles. The van der Waals surface area contributed by atoms with Crippen LogP contribution in [0.4, 0.5) is 0 Å². The number of thiophene rings is 1. The molecule has 0 aliphatic carbocycles. The van der Waals surface area contributed by atoms with Crippen molar-refractivity contribution in [2.24, 2.45) is 0 Å². The normalized spacial score (nSPS) is 12.7. The summed E-state index contributed by atoms with van der Waals surface area (Å²) in [6.45, 7) is 6.60. The first kappa shape index (κ1) is 13.8. The second kappa shape index (κ2) is 6.03. The molecule has 0 aliphatic rings. The van der Waals surface area contributed by atoms with Crippen LogP contribution < -0.4 is 0 Å². The molecule has 1 heterocycles. The minimum atomic E-state index is 0.331. The van der Waals surface area contributed by atoms with Gasteiger partial charge in [-0.15, -0.1) is 11.3 Å². The standard InChI is InChI=1S/C16H19BrS/c1-4-12-7-8-13(5-2)14(10-12)16(17)15-9-6-11(3)18-15/h6-10,16H,4-5H2,1-3H3. The van der Waals surface area contributed by atoms with Crippen molar-refractivity contribution in [3.63, 3.8) is 0 Å². The number of alkyl halides is 1. The molecule has 2 rings (SSSR count). The molecule has 0 amide bonds. The summed E-state index contributed by atoms with van der Waals surface area (Å²) in [6, 6.07) is 11.3. The molecule has 18 heavy (non-hydrogen) atoms. The van der Waals surface area contributed by atoms with Crippen LogP contribution in [0, 0.1) is 6.92 Å². The molecule has 0 spiro atoms. The quantitative estimate of drug-likeness (QED) is 0.636. The molecular formula is C16H19BrS.